The van der Waals surface area contributed by atoms with Crippen LogP contribution in [0.5, 0.6) is 0 Å². The molecule has 198 valence electrons. The summed E-state index contributed by atoms with van der Waals surface area (Å²) >= 11 is 13.1. The van der Waals surface area contributed by atoms with E-state index in [1.165, 1.54) is 13.0 Å². The summed E-state index contributed by atoms with van der Waals surface area (Å²) in [5.74, 6) is -0.672. The fourth-order valence-corrected chi connectivity index (χ4v) is 5.73. The molecule has 3 aromatic rings. The fourth-order valence-electron chi connectivity index (χ4n) is 5.15. The van der Waals surface area contributed by atoms with Gasteiger partial charge in [0, 0.05) is 37.5 Å². The lowest BCUT2D eigenvalue weighted by Crippen LogP contribution is -2.45. The Labute approximate surface area is 222 Å². The summed E-state index contributed by atoms with van der Waals surface area (Å²) in [5, 5.41) is 9.56. The molecule has 37 heavy (non-hydrogen) atoms. The number of aryl methyl sites for hydroxylation is 2. The van der Waals surface area contributed by atoms with E-state index in [2.05, 4.69) is 4.98 Å². The van der Waals surface area contributed by atoms with Crippen LogP contribution in [0.3, 0.4) is 0 Å². The minimum absolute atomic E-state index is 0.00617. The Balaban J connectivity index is 1.64. The number of fused-ring (bicyclic) bond motifs is 1. The van der Waals surface area contributed by atoms with Crippen LogP contribution in [-0.4, -0.2) is 44.0 Å². The van der Waals surface area contributed by atoms with Crippen molar-refractivity contribution in [3.8, 4) is 0 Å². The highest BCUT2D eigenvalue weighted by Crippen LogP contribution is 2.37. The van der Waals surface area contributed by atoms with Gasteiger partial charge in [0.2, 0.25) is 0 Å². The van der Waals surface area contributed by atoms with Crippen LogP contribution >= 0.6 is 23.2 Å². The number of piperidine rings is 1. The van der Waals surface area contributed by atoms with E-state index in [-0.39, 0.29) is 52.4 Å². The number of aromatic nitrogens is 2. The average molecular weight is 556 g/mol. The van der Waals surface area contributed by atoms with Gasteiger partial charge in [-0.2, -0.15) is 13.2 Å². The zero-order chi connectivity index (χ0) is 27.2. The number of carboxylic acids is 1. The summed E-state index contributed by atoms with van der Waals surface area (Å²) in [4.78, 5) is 30.6. The molecule has 1 saturated heterocycles. The van der Waals surface area contributed by atoms with E-state index in [1.807, 2.05) is 6.92 Å². The van der Waals surface area contributed by atoms with Gasteiger partial charge in [0.05, 0.1) is 27.2 Å². The highest BCUT2D eigenvalue weighted by molar-refractivity contribution is 6.38. The number of alkyl halides is 3. The standard InChI is InChI=1S/C26H26Cl2F3N3O3/c1-13-10-15(11-22(35)36)8-9-34(13)25(37)16-4-6-19(27)17(23(16)28)12-21-32-24-14(2)18(26(29,30)31)5-7-20(24)33(21)3/h4-7,13,15H,8-12H2,1-3H3,(H,35,36). The lowest BCUT2D eigenvalue weighted by Gasteiger charge is -2.37. The lowest BCUT2D eigenvalue weighted by molar-refractivity contribution is -0.139. The topological polar surface area (TPSA) is 75.4 Å². The van der Waals surface area contributed by atoms with Gasteiger partial charge < -0.3 is 14.6 Å². The fraction of sp³-hybridized carbons (Fsp3) is 0.423. The molecule has 1 aliphatic rings. The van der Waals surface area contributed by atoms with Crippen molar-refractivity contribution in [1.82, 2.24) is 14.5 Å². The summed E-state index contributed by atoms with van der Waals surface area (Å²) in [6.07, 6.45) is -3.15. The molecular formula is C26H26Cl2F3N3O3. The van der Waals surface area contributed by atoms with Crippen LogP contribution in [0, 0.1) is 12.8 Å². The van der Waals surface area contributed by atoms with Crippen molar-refractivity contribution in [2.75, 3.05) is 6.54 Å². The molecule has 1 fully saturated rings. The van der Waals surface area contributed by atoms with Gasteiger partial charge in [-0.25, -0.2) is 4.98 Å². The number of aliphatic carboxylic acids is 1. The molecule has 11 heteroatoms. The maximum Gasteiger partial charge on any atom is 0.416 e. The Bertz CT molecular complexity index is 1390. The first kappa shape index (κ1) is 27.3. The van der Waals surface area contributed by atoms with Crippen molar-refractivity contribution in [2.24, 2.45) is 13.0 Å². The van der Waals surface area contributed by atoms with Gasteiger partial charge in [-0.15, -0.1) is 0 Å². The molecule has 1 amide bonds. The Hall–Kier alpha value is -2.78. The first-order chi connectivity index (χ1) is 17.3. The SMILES string of the molecule is Cc1c(C(F)(F)F)ccc2c1nc(Cc1c(Cl)ccc(C(=O)N3CCC(CC(=O)O)CC3C)c1Cl)n2C. The van der Waals surface area contributed by atoms with Crippen molar-refractivity contribution >= 4 is 46.1 Å². The molecule has 2 aromatic carbocycles. The van der Waals surface area contributed by atoms with Crippen LogP contribution in [0.1, 0.15) is 59.1 Å². The molecule has 0 radical (unpaired) electrons. The molecule has 1 aromatic heterocycles. The smallest absolute Gasteiger partial charge is 0.416 e. The number of amides is 1. The third-order valence-electron chi connectivity index (χ3n) is 7.16. The van der Waals surface area contributed by atoms with E-state index in [0.29, 0.717) is 41.3 Å². The number of nitrogens with zero attached hydrogens (tertiary/aromatic N) is 3. The molecule has 0 aliphatic carbocycles. The number of carboxylic acid groups (broad SMARTS) is 1. The molecule has 1 N–H and O–H groups in total. The second kappa shape index (κ2) is 10.2. The quantitative estimate of drug-likeness (QED) is 0.389. The van der Waals surface area contributed by atoms with Crippen molar-refractivity contribution in [2.45, 2.75) is 51.7 Å². The molecule has 2 unspecified atom stereocenters. The summed E-state index contributed by atoms with van der Waals surface area (Å²) in [7, 11) is 1.71. The number of rotatable bonds is 5. The van der Waals surface area contributed by atoms with Crippen molar-refractivity contribution in [1.29, 1.82) is 0 Å². The Morgan fingerprint density at radius 2 is 1.89 bits per heavy atom. The molecular weight excluding hydrogens is 530 g/mol. The van der Waals surface area contributed by atoms with E-state index in [1.54, 1.807) is 28.6 Å². The normalized spacial score (nSPS) is 18.4. The van der Waals surface area contributed by atoms with Crippen LogP contribution in [0.4, 0.5) is 13.2 Å². The first-order valence-electron chi connectivity index (χ1n) is 11.8. The van der Waals surface area contributed by atoms with E-state index >= 15 is 0 Å². The summed E-state index contributed by atoms with van der Waals surface area (Å²) in [6, 6.07) is 5.41. The van der Waals surface area contributed by atoms with Gasteiger partial charge in [-0.1, -0.05) is 23.2 Å². The average Bonchev–Trinajstić information content (AvgIpc) is 3.11. The van der Waals surface area contributed by atoms with Crippen molar-refractivity contribution in [3.05, 3.63) is 62.4 Å². The maximum atomic E-state index is 13.4. The van der Waals surface area contributed by atoms with Gasteiger partial charge in [0.15, 0.2) is 0 Å². The minimum Gasteiger partial charge on any atom is -0.481 e. The number of hydrogen-bond donors (Lipinski definition) is 1. The Morgan fingerprint density at radius 3 is 2.51 bits per heavy atom. The summed E-state index contributed by atoms with van der Waals surface area (Å²) < 4.78 is 41.8. The van der Waals surface area contributed by atoms with Gasteiger partial charge in [0.1, 0.15) is 5.82 Å². The van der Waals surface area contributed by atoms with Crippen molar-refractivity contribution in [3.63, 3.8) is 0 Å². The monoisotopic (exact) mass is 555 g/mol. The number of carbonyl (C=O) groups is 2. The molecule has 0 spiro atoms. The van der Waals surface area contributed by atoms with Gasteiger partial charge in [0.25, 0.3) is 5.91 Å². The van der Waals surface area contributed by atoms with Crippen LogP contribution in [0.15, 0.2) is 24.3 Å². The Morgan fingerprint density at radius 1 is 1.19 bits per heavy atom. The number of hydrogen-bond acceptors (Lipinski definition) is 3. The number of carbonyl (C=O) groups excluding carboxylic acids is 1. The first-order valence-corrected chi connectivity index (χ1v) is 12.6. The second-order valence-electron chi connectivity index (χ2n) is 9.59. The highest BCUT2D eigenvalue weighted by Gasteiger charge is 2.34. The van der Waals surface area contributed by atoms with E-state index in [9.17, 15) is 22.8 Å². The van der Waals surface area contributed by atoms with Gasteiger partial charge >= 0.3 is 12.1 Å². The zero-order valence-electron chi connectivity index (χ0n) is 20.5. The van der Waals surface area contributed by atoms with Gasteiger partial charge in [-0.05, 0) is 68.0 Å². The van der Waals surface area contributed by atoms with Gasteiger partial charge in [-0.3, -0.25) is 9.59 Å². The van der Waals surface area contributed by atoms with Crippen LogP contribution < -0.4 is 0 Å². The van der Waals surface area contributed by atoms with E-state index in [4.69, 9.17) is 28.3 Å². The number of benzene rings is 2. The third-order valence-corrected chi connectivity index (χ3v) is 7.95. The summed E-state index contributed by atoms with van der Waals surface area (Å²) in [6.45, 7) is 3.69. The van der Waals surface area contributed by atoms with E-state index in [0.717, 1.165) is 6.07 Å². The third kappa shape index (κ3) is 5.29. The molecule has 1 aliphatic heterocycles. The molecule has 2 atom stereocenters. The second-order valence-corrected chi connectivity index (χ2v) is 10.4. The molecule has 6 nitrogen and oxygen atoms in total. The lowest BCUT2D eigenvalue weighted by atomic mass is 9.88. The molecule has 2 heterocycles. The molecule has 4 rings (SSSR count). The molecule has 0 bridgehead atoms. The van der Waals surface area contributed by atoms with Crippen LogP contribution in [0.25, 0.3) is 11.0 Å². The largest absolute Gasteiger partial charge is 0.481 e. The van der Waals surface area contributed by atoms with Crippen LogP contribution in [0.2, 0.25) is 10.0 Å². The van der Waals surface area contributed by atoms with Crippen LogP contribution in [-0.2, 0) is 24.4 Å². The maximum absolute atomic E-state index is 13.4. The number of halogens is 5. The predicted octanol–water partition coefficient (Wildman–Crippen LogP) is 6.51. The Kier molecular flexibility index (Phi) is 7.50. The predicted molar refractivity (Wildman–Crippen MR) is 135 cm³/mol. The van der Waals surface area contributed by atoms with Crippen molar-refractivity contribution < 1.29 is 27.9 Å². The number of likely N-dealkylation sites (tertiary alicyclic amines) is 1. The zero-order valence-corrected chi connectivity index (χ0v) is 22.0. The highest BCUT2D eigenvalue weighted by atomic mass is 35.5. The number of imidazole rings is 1. The van der Waals surface area contributed by atoms with E-state index < -0.39 is 17.7 Å². The molecule has 0 saturated carbocycles. The minimum atomic E-state index is -4.49. The summed E-state index contributed by atoms with van der Waals surface area (Å²) in [5.41, 5.74) is 0.791.